The Labute approximate surface area is 128 Å². The highest BCUT2D eigenvalue weighted by Gasteiger charge is 2.14. The molecule has 0 radical (unpaired) electrons. The lowest BCUT2D eigenvalue weighted by Crippen LogP contribution is -2.23. The van der Waals surface area contributed by atoms with Crippen molar-refractivity contribution in [3.63, 3.8) is 0 Å². The zero-order chi connectivity index (χ0) is 15.5. The quantitative estimate of drug-likeness (QED) is 0.506. The Balaban J connectivity index is 2.38. The van der Waals surface area contributed by atoms with Crippen LogP contribution in [0.4, 0.5) is 0 Å². The number of benzene rings is 1. The average molecular weight is 304 g/mol. The van der Waals surface area contributed by atoms with Gasteiger partial charge in [0.15, 0.2) is 5.16 Å². The number of hydrogen-bond donors (Lipinski definition) is 1. The zero-order valence-corrected chi connectivity index (χ0v) is 13.2. The zero-order valence-electron chi connectivity index (χ0n) is 12.4. The molecule has 0 saturated carbocycles. The van der Waals surface area contributed by atoms with E-state index in [9.17, 15) is 9.90 Å². The Morgan fingerprint density at radius 3 is 2.81 bits per heavy atom. The summed E-state index contributed by atoms with van der Waals surface area (Å²) in [5.41, 5.74) is -0.0623. The first-order valence-corrected chi connectivity index (χ1v) is 7.86. The maximum Gasteiger partial charge on any atom is 0.262 e. The van der Waals surface area contributed by atoms with E-state index < -0.39 is 5.60 Å². The average Bonchev–Trinajstić information content (AvgIpc) is 2.41. The lowest BCUT2D eigenvalue weighted by atomic mass is 10.1. The summed E-state index contributed by atoms with van der Waals surface area (Å²) in [6, 6.07) is 7.34. The van der Waals surface area contributed by atoms with Crippen LogP contribution in [0.25, 0.3) is 10.9 Å². The largest absolute Gasteiger partial charge is 0.390 e. The summed E-state index contributed by atoms with van der Waals surface area (Å²) in [5.74, 6) is 0.700. The van der Waals surface area contributed by atoms with Crippen LogP contribution in [0.15, 0.2) is 46.9 Å². The number of nitrogens with zero attached hydrogens (tertiary/aromatic N) is 2. The summed E-state index contributed by atoms with van der Waals surface area (Å²) in [6.45, 7) is 7.69. The molecule has 0 amide bonds. The topological polar surface area (TPSA) is 55.1 Å². The van der Waals surface area contributed by atoms with Gasteiger partial charge in [-0.05, 0) is 32.4 Å². The number of rotatable bonds is 6. The Morgan fingerprint density at radius 1 is 1.43 bits per heavy atom. The summed E-state index contributed by atoms with van der Waals surface area (Å²) in [4.78, 5) is 17.1. The predicted octanol–water partition coefficient (Wildman–Crippen LogP) is 2.84. The molecule has 0 saturated heterocycles. The molecule has 0 unspecified atom stereocenters. The van der Waals surface area contributed by atoms with Crippen LogP contribution < -0.4 is 5.56 Å². The van der Waals surface area contributed by atoms with Crippen molar-refractivity contribution in [3.8, 4) is 0 Å². The summed E-state index contributed by atoms with van der Waals surface area (Å²) in [5, 5.41) is 11.1. The minimum absolute atomic E-state index is 0.0498. The molecule has 1 N–H and O–H groups in total. The molecular weight excluding hydrogens is 284 g/mol. The highest BCUT2D eigenvalue weighted by molar-refractivity contribution is 7.99. The van der Waals surface area contributed by atoms with Crippen molar-refractivity contribution in [2.24, 2.45) is 0 Å². The van der Waals surface area contributed by atoms with Crippen molar-refractivity contribution in [1.82, 2.24) is 9.55 Å². The predicted molar refractivity (Wildman–Crippen MR) is 87.8 cm³/mol. The Kier molecular flexibility index (Phi) is 4.85. The molecule has 2 rings (SSSR count). The molecule has 1 heterocycles. The molecule has 4 nitrogen and oxygen atoms in total. The monoisotopic (exact) mass is 304 g/mol. The first-order chi connectivity index (χ1) is 9.92. The van der Waals surface area contributed by atoms with E-state index in [0.717, 1.165) is 0 Å². The standard InChI is InChI=1S/C16H20N2O2S/c1-4-10-18-14(19)12-7-5-6-8-13(12)17-15(18)21-11-9-16(2,3)20/h4-8,20H,1,9-11H2,2-3H3. The van der Waals surface area contributed by atoms with Crippen LogP contribution in [0.2, 0.25) is 0 Å². The molecule has 5 heteroatoms. The molecule has 0 aliphatic rings. The third-order valence-corrected chi connectivity index (χ3v) is 4.06. The van der Waals surface area contributed by atoms with Crippen molar-refractivity contribution in [2.45, 2.75) is 37.6 Å². The van der Waals surface area contributed by atoms with E-state index >= 15 is 0 Å². The lowest BCUT2D eigenvalue weighted by Gasteiger charge is -2.17. The van der Waals surface area contributed by atoms with Crippen LogP contribution in [0, 0.1) is 0 Å². The molecule has 112 valence electrons. The Bertz CT molecular complexity index is 701. The van der Waals surface area contributed by atoms with Gasteiger partial charge in [0.25, 0.3) is 5.56 Å². The minimum atomic E-state index is -0.715. The second kappa shape index (κ2) is 6.45. The summed E-state index contributed by atoms with van der Waals surface area (Å²) in [6.07, 6.45) is 2.33. The molecule has 1 aromatic heterocycles. The number of thioether (sulfide) groups is 1. The number of allylic oxidation sites excluding steroid dienone is 1. The SMILES string of the molecule is C=CCn1c(SCCC(C)(C)O)nc2ccccc2c1=O. The van der Waals surface area contributed by atoms with Crippen molar-refractivity contribution >= 4 is 22.7 Å². The fourth-order valence-electron chi connectivity index (χ4n) is 1.94. The van der Waals surface area contributed by atoms with E-state index in [1.54, 1.807) is 30.6 Å². The van der Waals surface area contributed by atoms with E-state index in [1.807, 2.05) is 18.2 Å². The molecule has 0 aliphatic heterocycles. The Hall–Kier alpha value is -1.59. The first-order valence-electron chi connectivity index (χ1n) is 6.88. The molecule has 2 aromatic rings. The van der Waals surface area contributed by atoms with Crippen LogP contribution in [0.5, 0.6) is 0 Å². The van der Waals surface area contributed by atoms with E-state index in [2.05, 4.69) is 11.6 Å². The fourth-order valence-corrected chi connectivity index (χ4v) is 3.20. The number of para-hydroxylation sites is 1. The van der Waals surface area contributed by atoms with Gasteiger partial charge in [-0.2, -0.15) is 0 Å². The molecule has 21 heavy (non-hydrogen) atoms. The van der Waals surface area contributed by atoms with Crippen LogP contribution in [0.3, 0.4) is 0 Å². The molecule has 0 fully saturated rings. The highest BCUT2D eigenvalue weighted by Crippen LogP contribution is 2.21. The first kappa shape index (κ1) is 15.8. The van der Waals surface area contributed by atoms with E-state index in [4.69, 9.17) is 0 Å². The summed E-state index contributed by atoms with van der Waals surface area (Å²) in [7, 11) is 0. The Morgan fingerprint density at radius 2 is 2.14 bits per heavy atom. The van der Waals surface area contributed by atoms with Gasteiger partial charge in [0, 0.05) is 12.3 Å². The van der Waals surface area contributed by atoms with Gasteiger partial charge >= 0.3 is 0 Å². The fraction of sp³-hybridized carbons (Fsp3) is 0.375. The lowest BCUT2D eigenvalue weighted by molar-refractivity contribution is 0.0777. The third kappa shape index (κ3) is 3.95. The number of aliphatic hydroxyl groups is 1. The molecule has 0 aliphatic carbocycles. The van der Waals surface area contributed by atoms with Gasteiger partial charge in [-0.1, -0.05) is 30.0 Å². The normalized spacial score (nSPS) is 11.8. The van der Waals surface area contributed by atoms with Gasteiger partial charge in [0.2, 0.25) is 0 Å². The van der Waals surface area contributed by atoms with Crippen LogP contribution >= 0.6 is 11.8 Å². The summed E-state index contributed by atoms with van der Waals surface area (Å²) < 4.78 is 1.63. The van der Waals surface area contributed by atoms with Crippen LogP contribution in [-0.2, 0) is 6.54 Å². The molecular formula is C16H20N2O2S. The van der Waals surface area contributed by atoms with Crippen molar-refractivity contribution in [2.75, 3.05) is 5.75 Å². The minimum Gasteiger partial charge on any atom is -0.390 e. The van der Waals surface area contributed by atoms with E-state index in [0.29, 0.717) is 34.8 Å². The second-order valence-electron chi connectivity index (χ2n) is 5.53. The third-order valence-electron chi connectivity index (χ3n) is 3.08. The molecule has 0 atom stereocenters. The number of hydrogen-bond acceptors (Lipinski definition) is 4. The molecule has 0 spiro atoms. The van der Waals surface area contributed by atoms with E-state index in [1.165, 1.54) is 11.8 Å². The van der Waals surface area contributed by atoms with Crippen molar-refractivity contribution in [3.05, 3.63) is 47.3 Å². The van der Waals surface area contributed by atoms with Crippen molar-refractivity contribution in [1.29, 1.82) is 0 Å². The molecule has 0 bridgehead atoms. The van der Waals surface area contributed by atoms with Gasteiger partial charge in [-0.15, -0.1) is 6.58 Å². The molecule has 1 aromatic carbocycles. The number of fused-ring (bicyclic) bond motifs is 1. The van der Waals surface area contributed by atoms with Crippen LogP contribution in [0.1, 0.15) is 20.3 Å². The maximum atomic E-state index is 12.5. The van der Waals surface area contributed by atoms with Gasteiger partial charge in [-0.25, -0.2) is 4.98 Å². The van der Waals surface area contributed by atoms with Gasteiger partial charge in [0.1, 0.15) is 0 Å². The van der Waals surface area contributed by atoms with Gasteiger partial charge in [-0.3, -0.25) is 9.36 Å². The number of aromatic nitrogens is 2. The second-order valence-corrected chi connectivity index (χ2v) is 6.59. The van der Waals surface area contributed by atoms with Crippen molar-refractivity contribution < 1.29 is 5.11 Å². The van der Waals surface area contributed by atoms with Gasteiger partial charge < -0.3 is 5.11 Å². The van der Waals surface area contributed by atoms with Crippen LogP contribution in [-0.4, -0.2) is 26.0 Å². The smallest absolute Gasteiger partial charge is 0.262 e. The maximum absolute atomic E-state index is 12.5. The van der Waals surface area contributed by atoms with E-state index in [-0.39, 0.29) is 5.56 Å². The summed E-state index contributed by atoms with van der Waals surface area (Å²) >= 11 is 1.49. The highest BCUT2D eigenvalue weighted by atomic mass is 32.2. The van der Waals surface area contributed by atoms with Gasteiger partial charge in [0.05, 0.1) is 16.5 Å².